The lowest BCUT2D eigenvalue weighted by Crippen LogP contribution is -2.21. The molecule has 1 rings (SSSR count). The molecular formula is C11H18O2. The van der Waals surface area contributed by atoms with Gasteiger partial charge in [-0.05, 0) is 18.1 Å². The van der Waals surface area contributed by atoms with Crippen LogP contribution in [0.15, 0.2) is 22.8 Å². The molecule has 74 valence electrons. The van der Waals surface area contributed by atoms with Gasteiger partial charge in [-0.1, -0.05) is 26.7 Å². The van der Waals surface area contributed by atoms with Crippen molar-refractivity contribution in [1.29, 1.82) is 0 Å². The zero-order valence-electron chi connectivity index (χ0n) is 8.36. The van der Waals surface area contributed by atoms with Gasteiger partial charge in [-0.15, -0.1) is 0 Å². The molecule has 1 atom stereocenters. The van der Waals surface area contributed by atoms with Crippen LogP contribution < -0.4 is 0 Å². The smallest absolute Gasteiger partial charge is 0.106 e. The van der Waals surface area contributed by atoms with Crippen LogP contribution in [0.25, 0.3) is 0 Å². The van der Waals surface area contributed by atoms with Crippen LogP contribution in [0.2, 0.25) is 0 Å². The number of furan rings is 1. The lowest BCUT2D eigenvalue weighted by Gasteiger charge is -2.18. The first-order chi connectivity index (χ1) is 6.27. The molecule has 0 radical (unpaired) electrons. The van der Waals surface area contributed by atoms with Gasteiger partial charge >= 0.3 is 0 Å². The van der Waals surface area contributed by atoms with Gasteiger partial charge in [0.05, 0.1) is 12.4 Å². The zero-order chi connectivity index (χ0) is 9.68. The van der Waals surface area contributed by atoms with Crippen LogP contribution in [0.4, 0.5) is 0 Å². The summed E-state index contributed by atoms with van der Waals surface area (Å²) in [6.45, 7) is 4.22. The monoisotopic (exact) mass is 182 g/mol. The lowest BCUT2D eigenvalue weighted by atomic mass is 9.94. The van der Waals surface area contributed by atoms with E-state index in [1.165, 1.54) is 0 Å². The molecule has 1 unspecified atom stereocenters. The molecule has 0 aromatic carbocycles. The molecule has 0 amide bonds. The summed E-state index contributed by atoms with van der Waals surface area (Å²) in [6, 6.07) is 3.76. The van der Waals surface area contributed by atoms with E-state index in [0.29, 0.717) is 12.3 Å². The fourth-order valence-electron chi connectivity index (χ4n) is 1.63. The van der Waals surface area contributed by atoms with E-state index in [9.17, 15) is 5.11 Å². The Hall–Kier alpha value is -0.760. The second-order valence-electron chi connectivity index (χ2n) is 3.43. The molecular weight excluding hydrogens is 164 g/mol. The van der Waals surface area contributed by atoms with Gasteiger partial charge in [-0.2, -0.15) is 0 Å². The van der Waals surface area contributed by atoms with Crippen molar-refractivity contribution in [2.45, 2.75) is 39.2 Å². The van der Waals surface area contributed by atoms with Crippen LogP contribution in [0.1, 0.15) is 32.4 Å². The van der Waals surface area contributed by atoms with E-state index in [1.54, 1.807) is 6.26 Å². The third-order valence-electron chi connectivity index (χ3n) is 2.58. The fourth-order valence-corrected chi connectivity index (χ4v) is 1.63. The van der Waals surface area contributed by atoms with Crippen molar-refractivity contribution in [3.8, 4) is 0 Å². The predicted molar refractivity (Wildman–Crippen MR) is 52.5 cm³/mol. The summed E-state index contributed by atoms with van der Waals surface area (Å²) >= 11 is 0. The first kappa shape index (κ1) is 10.3. The highest BCUT2D eigenvalue weighted by Crippen LogP contribution is 2.17. The molecule has 0 saturated heterocycles. The summed E-state index contributed by atoms with van der Waals surface area (Å²) < 4.78 is 5.18. The first-order valence-corrected chi connectivity index (χ1v) is 4.98. The van der Waals surface area contributed by atoms with Crippen molar-refractivity contribution < 1.29 is 9.52 Å². The van der Waals surface area contributed by atoms with Crippen LogP contribution in [-0.2, 0) is 6.42 Å². The highest BCUT2D eigenvalue weighted by Gasteiger charge is 2.16. The Morgan fingerprint density at radius 3 is 2.54 bits per heavy atom. The van der Waals surface area contributed by atoms with Crippen molar-refractivity contribution in [1.82, 2.24) is 0 Å². The molecule has 0 aliphatic heterocycles. The number of hydrogen-bond donors (Lipinski definition) is 1. The quantitative estimate of drug-likeness (QED) is 0.759. The van der Waals surface area contributed by atoms with Gasteiger partial charge in [0.15, 0.2) is 0 Å². The molecule has 2 heteroatoms. The van der Waals surface area contributed by atoms with E-state index >= 15 is 0 Å². The Morgan fingerprint density at radius 1 is 1.38 bits per heavy atom. The first-order valence-electron chi connectivity index (χ1n) is 4.98. The summed E-state index contributed by atoms with van der Waals surface area (Å²) in [5, 5.41) is 9.82. The number of aliphatic hydroxyl groups excluding tert-OH is 1. The average molecular weight is 182 g/mol. The molecule has 13 heavy (non-hydrogen) atoms. The SMILES string of the molecule is CCC(CC)C(O)Cc1ccco1. The highest BCUT2D eigenvalue weighted by atomic mass is 16.3. The van der Waals surface area contributed by atoms with Crippen molar-refractivity contribution in [2.75, 3.05) is 0 Å². The average Bonchev–Trinajstić information content (AvgIpc) is 2.59. The lowest BCUT2D eigenvalue weighted by molar-refractivity contribution is 0.0976. The van der Waals surface area contributed by atoms with E-state index < -0.39 is 0 Å². The van der Waals surface area contributed by atoms with Gasteiger partial charge in [0.2, 0.25) is 0 Å². The second kappa shape index (κ2) is 5.07. The van der Waals surface area contributed by atoms with Crippen LogP contribution in [0.3, 0.4) is 0 Å². The maximum Gasteiger partial charge on any atom is 0.106 e. The minimum Gasteiger partial charge on any atom is -0.469 e. The number of rotatable bonds is 5. The summed E-state index contributed by atoms with van der Waals surface area (Å²) in [6.07, 6.45) is 4.08. The summed E-state index contributed by atoms with van der Waals surface area (Å²) in [7, 11) is 0. The normalized spacial score (nSPS) is 13.5. The van der Waals surface area contributed by atoms with Crippen molar-refractivity contribution >= 4 is 0 Å². The van der Waals surface area contributed by atoms with Gasteiger partial charge in [0.25, 0.3) is 0 Å². The molecule has 1 N–H and O–H groups in total. The van der Waals surface area contributed by atoms with Gasteiger partial charge < -0.3 is 9.52 Å². The van der Waals surface area contributed by atoms with Gasteiger partial charge in [0, 0.05) is 6.42 Å². The Labute approximate surface area is 79.6 Å². The standard InChI is InChI=1S/C11H18O2/c1-3-9(4-2)11(12)8-10-6-5-7-13-10/h5-7,9,11-12H,3-4,8H2,1-2H3. The summed E-state index contributed by atoms with van der Waals surface area (Å²) in [5.41, 5.74) is 0. The van der Waals surface area contributed by atoms with Gasteiger partial charge in [0.1, 0.15) is 5.76 Å². The molecule has 0 fully saturated rings. The third kappa shape index (κ3) is 2.88. The Morgan fingerprint density at radius 2 is 2.08 bits per heavy atom. The third-order valence-corrected chi connectivity index (χ3v) is 2.58. The van der Waals surface area contributed by atoms with Gasteiger partial charge in [-0.3, -0.25) is 0 Å². The summed E-state index contributed by atoms with van der Waals surface area (Å²) in [5.74, 6) is 1.27. The Bertz CT molecular complexity index is 212. The molecule has 0 spiro atoms. The molecule has 1 aromatic heterocycles. The topological polar surface area (TPSA) is 33.4 Å². The molecule has 0 aliphatic carbocycles. The van der Waals surface area contributed by atoms with E-state index in [0.717, 1.165) is 18.6 Å². The minimum absolute atomic E-state index is 0.263. The Balaban J connectivity index is 2.44. The molecule has 0 saturated carbocycles. The van der Waals surface area contributed by atoms with Gasteiger partial charge in [-0.25, -0.2) is 0 Å². The maximum atomic E-state index is 9.82. The fraction of sp³-hybridized carbons (Fsp3) is 0.636. The largest absolute Gasteiger partial charge is 0.469 e. The van der Waals surface area contributed by atoms with Crippen LogP contribution >= 0.6 is 0 Å². The van der Waals surface area contributed by atoms with E-state index in [1.807, 2.05) is 12.1 Å². The molecule has 1 heterocycles. The van der Waals surface area contributed by atoms with Crippen molar-refractivity contribution in [3.05, 3.63) is 24.2 Å². The van der Waals surface area contributed by atoms with Crippen LogP contribution in [0.5, 0.6) is 0 Å². The molecule has 0 bridgehead atoms. The van der Waals surface area contributed by atoms with E-state index in [4.69, 9.17) is 4.42 Å². The number of aliphatic hydroxyl groups is 1. The highest BCUT2D eigenvalue weighted by molar-refractivity contribution is 4.99. The predicted octanol–water partition coefficient (Wildman–Crippen LogP) is 2.62. The van der Waals surface area contributed by atoms with Crippen LogP contribution in [-0.4, -0.2) is 11.2 Å². The van der Waals surface area contributed by atoms with E-state index in [2.05, 4.69) is 13.8 Å². The maximum absolute atomic E-state index is 9.82. The van der Waals surface area contributed by atoms with Crippen molar-refractivity contribution in [3.63, 3.8) is 0 Å². The molecule has 0 aliphatic rings. The van der Waals surface area contributed by atoms with E-state index in [-0.39, 0.29) is 6.10 Å². The molecule has 1 aromatic rings. The number of hydrogen-bond acceptors (Lipinski definition) is 2. The molecule has 2 nitrogen and oxygen atoms in total. The minimum atomic E-state index is -0.263. The second-order valence-corrected chi connectivity index (χ2v) is 3.43. The zero-order valence-corrected chi connectivity index (χ0v) is 8.36. The van der Waals surface area contributed by atoms with Crippen molar-refractivity contribution in [2.24, 2.45) is 5.92 Å². The summed E-state index contributed by atoms with van der Waals surface area (Å²) in [4.78, 5) is 0. The van der Waals surface area contributed by atoms with Crippen LogP contribution in [0, 0.1) is 5.92 Å². The Kier molecular flexibility index (Phi) is 4.03.